The summed E-state index contributed by atoms with van der Waals surface area (Å²) in [5, 5.41) is 12.0. The zero-order valence-electron chi connectivity index (χ0n) is 15.3. The minimum Gasteiger partial charge on any atom is -0.481 e. The van der Waals surface area contributed by atoms with Crippen molar-refractivity contribution in [1.82, 2.24) is 10.2 Å². The summed E-state index contributed by atoms with van der Waals surface area (Å²) in [5.41, 5.74) is 0.900. The van der Waals surface area contributed by atoms with Crippen molar-refractivity contribution >= 4 is 17.8 Å². The van der Waals surface area contributed by atoms with E-state index in [1.165, 1.54) is 0 Å². The lowest BCUT2D eigenvalue weighted by atomic mass is 9.95. The van der Waals surface area contributed by atoms with Gasteiger partial charge in [0.1, 0.15) is 0 Å². The van der Waals surface area contributed by atoms with Crippen LogP contribution < -0.4 is 5.32 Å². The third-order valence-corrected chi connectivity index (χ3v) is 4.77. The fourth-order valence-electron chi connectivity index (χ4n) is 3.35. The third kappa shape index (κ3) is 5.86. The van der Waals surface area contributed by atoms with Crippen LogP contribution >= 0.6 is 0 Å². The van der Waals surface area contributed by atoms with E-state index in [1.54, 1.807) is 4.90 Å². The van der Waals surface area contributed by atoms with Crippen molar-refractivity contribution < 1.29 is 19.5 Å². The highest BCUT2D eigenvalue weighted by Crippen LogP contribution is 2.22. The normalized spacial score (nSPS) is 18.2. The van der Waals surface area contributed by atoms with Gasteiger partial charge in [-0.1, -0.05) is 37.3 Å². The highest BCUT2D eigenvalue weighted by atomic mass is 16.4. The smallest absolute Gasteiger partial charge is 0.303 e. The molecule has 1 aromatic rings. The summed E-state index contributed by atoms with van der Waals surface area (Å²) in [5.74, 6) is -1.11. The molecule has 0 aliphatic carbocycles. The largest absolute Gasteiger partial charge is 0.481 e. The number of piperidine rings is 1. The lowest BCUT2D eigenvalue weighted by Crippen LogP contribution is -2.46. The van der Waals surface area contributed by atoms with Crippen LogP contribution in [-0.4, -0.2) is 40.9 Å². The number of rotatable bonds is 8. The minimum atomic E-state index is -0.880. The Morgan fingerprint density at radius 1 is 1.23 bits per heavy atom. The Morgan fingerprint density at radius 2 is 1.96 bits per heavy atom. The summed E-state index contributed by atoms with van der Waals surface area (Å²) >= 11 is 0. The van der Waals surface area contributed by atoms with E-state index in [-0.39, 0.29) is 30.2 Å². The van der Waals surface area contributed by atoms with Gasteiger partial charge in [-0.15, -0.1) is 0 Å². The molecule has 1 heterocycles. The van der Waals surface area contributed by atoms with Crippen molar-refractivity contribution in [1.29, 1.82) is 0 Å². The van der Waals surface area contributed by atoms with Crippen LogP contribution in [0.25, 0.3) is 0 Å². The van der Waals surface area contributed by atoms with Crippen molar-refractivity contribution in [3.8, 4) is 0 Å². The van der Waals surface area contributed by atoms with Gasteiger partial charge in [0.2, 0.25) is 11.8 Å². The molecule has 0 saturated carbocycles. The topological polar surface area (TPSA) is 86.7 Å². The van der Waals surface area contributed by atoms with Gasteiger partial charge >= 0.3 is 5.97 Å². The molecule has 0 aromatic heterocycles. The van der Waals surface area contributed by atoms with Crippen LogP contribution in [0.3, 0.4) is 0 Å². The Balaban J connectivity index is 2.01. The number of hydrogen-bond donors (Lipinski definition) is 2. The molecule has 0 radical (unpaired) electrons. The minimum absolute atomic E-state index is 0.00831. The quantitative estimate of drug-likeness (QED) is 0.746. The van der Waals surface area contributed by atoms with Gasteiger partial charge in [-0.2, -0.15) is 0 Å². The van der Waals surface area contributed by atoms with E-state index in [0.29, 0.717) is 25.9 Å². The van der Waals surface area contributed by atoms with E-state index >= 15 is 0 Å². The third-order valence-electron chi connectivity index (χ3n) is 4.77. The lowest BCUT2D eigenvalue weighted by Gasteiger charge is -2.33. The fourth-order valence-corrected chi connectivity index (χ4v) is 3.35. The van der Waals surface area contributed by atoms with E-state index in [9.17, 15) is 14.4 Å². The Kier molecular flexibility index (Phi) is 7.63. The van der Waals surface area contributed by atoms with Gasteiger partial charge in [0.25, 0.3) is 0 Å². The molecule has 1 aliphatic heterocycles. The number of hydrogen-bond acceptors (Lipinski definition) is 3. The average molecular weight is 360 g/mol. The second-order valence-corrected chi connectivity index (χ2v) is 6.83. The zero-order valence-corrected chi connectivity index (χ0v) is 15.3. The highest BCUT2D eigenvalue weighted by molar-refractivity contribution is 5.81. The van der Waals surface area contributed by atoms with E-state index in [0.717, 1.165) is 24.8 Å². The van der Waals surface area contributed by atoms with Gasteiger partial charge in [0, 0.05) is 25.9 Å². The molecule has 0 bridgehead atoms. The second kappa shape index (κ2) is 9.94. The molecule has 6 nitrogen and oxygen atoms in total. The molecule has 1 saturated heterocycles. The number of carboxylic acids is 1. The molecule has 2 N–H and O–H groups in total. The lowest BCUT2D eigenvalue weighted by molar-refractivity contribution is -0.138. The molecular formula is C20H28N2O4. The van der Waals surface area contributed by atoms with Crippen molar-refractivity contribution in [3.63, 3.8) is 0 Å². The number of aliphatic carboxylic acids is 1. The second-order valence-electron chi connectivity index (χ2n) is 6.83. The van der Waals surface area contributed by atoms with E-state index in [1.807, 2.05) is 37.3 Å². The molecule has 2 amide bonds. The first-order valence-electron chi connectivity index (χ1n) is 9.36. The Labute approximate surface area is 154 Å². The van der Waals surface area contributed by atoms with Crippen molar-refractivity contribution in [2.24, 2.45) is 5.92 Å². The average Bonchev–Trinajstić information content (AvgIpc) is 2.65. The number of nitrogens with one attached hydrogen (secondary N) is 1. The van der Waals surface area contributed by atoms with Crippen molar-refractivity contribution in [2.45, 2.75) is 51.5 Å². The molecule has 26 heavy (non-hydrogen) atoms. The number of carbonyl (C=O) groups excluding carboxylic acids is 2. The number of amides is 2. The fraction of sp³-hybridized carbons (Fsp3) is 0.550. The number of nitrogens with zero attached hydrogens (tertiary/aromatic N) is 1. The van der Waals surface area contributed by atoms with Crippen LogP contribution in [0.4, 0.5) is 0 Å². The maximum absolute atomic E-state index is 12.8. The number of likely N-dealkylation sites (tertiary alicyclic amines) is 1. The standard InChI is InChI=1S/C20H28N2O4/c1-2-7-18(23)22-13-6-10-16(14-22)20(26)21-17(11-12-19(24)25)15-8-4-3-5-9-15/h3-5,8-9,16-17H,2,6-7,10-14H2,1H3,(H,21,26)(H,24,25). The van der Waals surface area contributed by atoms with Gasteiger partial charge in [-0.3, -0.25) is 14.4 Å². The molecule has 1 aromatic carbocycles. The van der Waals surface area contributed by atoms with E-state index < -0.39 is 5.97 Å². The van der Waals surface area contributed by atoms with Gasteiger partial charge < -0.3 is 15.3 Å². The van der Waals surface area contributed by atoms with Crippen LogP contribution in [0.15, 0.2) is 30.3 Å². The number of carboxylic acid groups (broad SMARTS) is 1. The first-order valence-corrected chi connectivity index (χ1v) is 9.36. The Hall–Kier alpha value is -2.37. The zero-order chi connectivity index (χ0) is 18.9. The molecule has 2 rings (SSSR count). The van der Waals surface area contributed by atoms with Crippen LogP contribution in [-0.2, 0) is 14.4 Å². The Morgan fingerprint density at radius 3 is 2.62 bits per heavy atom. The molecular weight excluding hydrogens is 332 g/mol. The van der Waals surface area contributed by atoms with Gasteiger partial charge in [-0.25, -0.2) is 0 Å². The monoisotopic (exact) mass is 360 g/mol. The molecule has 1 aliphatic rings. The van der Waals surface area contributed by atoms with Crippen molar-refractivity contribution in [3.05, 3.63) is 35.9 Å². The van der Waals surface area contributed by atoms with E-state index in [4.69, 9.17) is 5.11 Å². The molecule has 2 unspecified atom stereocenters. The van der Waals surface area contributed by atoms with E-state index in [2.05, 4.69) is 5.32 Å². The summed E-state index contributed by atoms with van der Waals surface area (Å²) in [6.45, 7) is 3.13. The molecule has 0 spiro atoms. The maximum Gasteiger partial charge on any atom is 0.303 e. The molecule has 2 atom stereocenters. The molecule has 142 valence electrons. The van der Waals surface area contributed by atoms with Gasteiger partial charge in [0.05, 0.1) is 12.0 Å². The van der Waals surface area contributed by atoms with Crippen LogP contribution in [0.1, 0.15) is 57.1 Å². The molecule has 6 heteroatoms. The van der Waals surface area contributed by atoms with Crippen LogP contribution in [0.5, 0.6) is 0 Å². The van der Waals surface area contributed by atoms with Gasteiger partial charge in [-0.05, 0) is 31.2 Å². The van der Waals surface area contributed by atoms with Gasteiger partial charge in [0.15, 0.2) is 0 Å². The highest BCUT2D eigenvalue weighted by Gasteiger charge is 2.29. The summed E-state index contributed by atoms with van der Waals surface area (Å²) < 4.78 is 0. The summed E-state index contributed by atoms with van der Waals surface area (Å²) in [7, 11) is 0. The number of benzene rings is 1. The van der Waals surface area contributed by atoms with Crippen molar-refractivity contribution in [2.75, 3.05) is 13.1 Å². The van der Waals surface area contributed by atoms with Crippen LogP contribution in [0.2, 0.25) is 0 Å². The molecule has 1 fully saturated rings. The predicted molar refractivity (Wildman–Crippen MR) is 98.4 cm³/mol. The Bertz CT molecular complexity index is 617. The number of carbonyl (C=O) groups is 3. The SMILES string of the molecule is CCCC(=O)N1CCCC(C(=O)NC(CCC(=O)O)c2ccccc2)C1. The predicted octanol–water partition coefficient (Wildman–Crippen LogP) is 2.75. The maximum atomic E-state index is 12.8. The summed E-state index contributed by atoms with van der Waals surface area (Å²) in [6, 6.07) is 9.09. The van der Waals surface area contributed by atoms with Crippen LogP contribution in [0, 0.1) is 5.92 Å². The first kappa shape index (κ1) is 19.9. The summed E-state index contributed by atoms with van der Waals surface area (Å²) in [4.78, 5) is 37.6. The summed E-state index contributed by atoms with van der Waals surface area (Å²) in [6.07, 6.45) is 3.22. The first-order chi connectivity index (χ1) is 12.5.